The molecule has 1 aromatic carbocycles. The fourth-order valence-electron chi connectivity index (χ4n) is 3.67. The first-order valence-electron chi connectivity index (χ1n) is 10.5. The molecule has 4 nitrogen and oxygen atoms in total. The summed E-state index contributed by atoms with van der Waals surface area (Å²) in [5, 5.41) is 7.55. The van der Waals surface area contributed by atoms with E-state index in [1.807, 2.05) is 0 Å². The summed E-state index contributed by atoms with van der Waals surface area (Å²) in [6, 6.07) is 8.89. The Morgan fingerprint density at radius 1 is 1.00 bits per heavy atom. The van der Waals surface area contributed by atoms with Crippen molar-refractivity contribution in [3.63, 3.8) is 0 Å². The van der Waals surface area contributed by atoms with Gasteiger partial charge in [0.2, 0.25) is 11.7 Å². The van der Waals surface area contributed by atoms with Gasteiger partial charge in [-0.15, -0.1) is 0 Å². The Balaban J connectivity index is 1.39. The van der Waals surface area contributed by atoms with Gasteiger partial charge in [0.15, 0.2) is 0 Å². The zero-order valence-corrected chi connectivity index (χ0v) is 16.2. The summed E-state index contributed by atoms with van der Waals surface area (Å²) < 4.78 is 5.44. The largest absolute Gasteiger partial charge is 0.337 e. The van der Waals surface area contributed by atoms with Crippen molar-refractivity contribution >= 4 is 0 Å². The predicted octanol–water partition coefficient (Wildman–Crippen LogP) is 5.84. The lowest BCUT2D eigenvalue weighted by Crippen LogP contribution is -2.12. The highest BCUT2D eigenvalue weighted by molar-refractivity contribution is 5.54. The lowest BCUT2D eigenvalue weighted by molar-refractivity contribution is 0.345. The molecule has 1 aliphatic rings. The Hall–Kier alpha value is -1.68. The van der Waals surface area contributed by atoms with E-state index in [-0.39, 0.29) is 6.04 Å². The molecule has 0 radical (unpaired) electrons. The second-order valence-corrected chi connectivity index (χ2v) is 7.53. The second-order valence-electron chi connectivity index (χ2n) is 7.53. The maximum atomic E-state index is 5.44. The molecule has 3 rings (SSSR count). The third kappa shape index (κ3) is 5.66. The van der Waals surface area contributed by atoms with E-state index >= 15 is 0 Å². The number of hydrogen-bond donors (Lipinski definition) is 1. The average Bonchev–Trinajstić information content (AvgIpc) is 3.36. The molecule has 0 saturated carbocycles. The predicted molar refractivity (Wildman–Crippen MR) is 106 cm³/mol. The van der Waals surface area contributed by atoms with Crippen LogP contribution in [-0.4, -0.2) is 16.7 Å². The Morgan fingerprint density at radius 3 is 2.42 bits per heavy atom. The molecule has 0 aliphatic carbocycles. The summed E-state index contributed by atoms with van der Waals surface area (Å²) in [6.45, 7) is 3.31. The van der Waals surface area contributed by atoms with Crippen LogP contribution in [0.25, 0.3) is 11.4 Å². The van der Waals surface area contributed by atoms with Crippen LogP contribution in [0.4, 0.5) is 0 Å². The van der Waals surface area contributed by atoms with E-state index in [2.05, 4.69) is 46.6 Å². The van der Waals surface area contributed by atoms with Gasteiger partial charge in [-0.25, -0.2) is 0 Å². The molecule has 26 heavy (non-hydrogen) atoms. The highest BCUT2D eigenvalue weighted by Gasteiger charge is 2.22. The fraction of sp³-hybridized carbons (Fsp3) is 0.636. The quantitative estimate of drug-likeness (QED) is 0.514. The van der Waals surface area contributed by atoms with Gasteiger partial charge >= 0.3 is 0 Å². The number of rotatable bonds is 11. The van der Waals surface area contributed by atoms with Crippen molar-refractivity contribution in [2.24, 2.45) is 0 Å². The molecule has 4 heteroatoms. The van der Waals surface area contributed by atoms with Crippen molar-refractivity contribution in [2.75, 3.05) is 6.54 Å². The Bertz CT molecular complexity index is 629. The molecule has 1 aromatic heterocycles. The smallest absolute Gasteiger partial charge is 0.244 e. The first kappa shape index (κ1) is 19.1. The fourth-order valence-corrected chi connectivity index (χ4v) is 3.67. The van der Waals surface area contributed by atoms with Crippen LogP contribution in [0, 0.1) is 0 Å². The van der Waals surface area contributed by atoms with Crippen LogP contribution < -0.4 is 5.32 Å². The summed E-state index contributed by atoms with van der Waals surface area (Å²) >= 11 is 0. The van der Waals surface area contributed by atoms with E-state index in [4.69, 9.17) is 4.52 Å². The number of nitrogens with one attached hydrogen (secondary N) is 1. The van der Waals surface area contributed by atoms with Crippen LogP contribution in [-0.2, 0) is 6.42 Å². The van der Waals surface area contributed by atoms with Gasteiger partial charge < -0.3 is 9.84 Å². The van der Waals surface area contributed by atoms with Crippen LogP contribution in [0.5, 0.6) is 0 Å². The molecule has 1 N–H and O–H groups in total. The first-order valence-corrected chi connectivity index (χ1v) is 10.5. The van der Waals surface area contributed by atoms with Crippen molar-refractivity contribution in [2.45, 2.75) is 83.6 Å². The van der Waals surface area contributed by atoms with Gasteiger partial charge in [-0.05, 0) is 37.8 Å². The van der Waals surface area contributed by atoms with E-state index in [1.165, 1.54) is 69.8 Å². The normalized spacial score (nSPS) is 17.0. The van der Waals surface area contributed by atoms with Gasteiger partial charge in [-0.1, -0.05) is 81.3 Å². The minimum absolute atomic E-state index is 0.234. The van der Waals surface area contributed by atoms with Gasteiger partial charge in [-0.3, -0.25) is 0 Å². The number of aryl methyl sites for hydroxylation is 1. The molecule has 1 unspecified atom stereocenters. The molecule has 1 atom stereocenters. The van der Waals surface area contributed by atoms with Gasteiger partial charge in [0.1, 0.15) is 0 Å². The topological polar surface area (TPSA) is 51.0 Å². The lowest BCUT2D eigenvalue weighted by atomic mass is 10.0. The number of unbranched alkanes of at least 4 members (excludes halogenated alkanes) is 7. The molecule has 0 amide bonds. The molecule has 142 valence electrons. The molecular formula is C22H33N3O. The summed E-state index contributed by atoms with van der Waals surface area (Å²) in [5.41, 5.74) is 2.44. The average molecular weight is 356 g/mol. The Morgan fingerprint density at radius 2 is 1.73 bits per heavy atom. The lowest BCUT2D eigenvalue weighted by Gasteiger charge is -2.03. The van der Waals surface area contributed by atoms with Gasteiger partial charge in [-0.2, -0.15) is 4.98 Å². The summed E-state index contributed by atoms with van der Waals surface area (Å²) in [5.74, 6) is 1.42. The third-order valence-corrected chi connectivity index (χ3v) is 5.33. The summed E-state index contributed by atoms with van der Waals surface area (Å²) in [6.07, 6.45) is 14.4. The van der Waals surface area contributed by atoms with E-state index in [0.29, 0.717) is 5.82 Å². The zero-order chi connectivity index (χ0) is 18.0. The van der Waals surface area contributed by atoms with Crippen LogP contribution >= 0.6 is 0 Å². The van der Waals surface area contributed by atoms with Crippen molar-refractivity contribution < 1.29 is 4.52 Å². The van der Waals surface area contributed by atoms with Crippen LogP contribution in [0.15, 0.2) is 28.8 Å². The summed E-state index contributed by atoms with van der Waals surface area (Å²) in [7, 11) is 0. The monoisotopic (exact) mass is 355 g/mol. The molecule has 1 fully saturated rings. The number of nitrogens with zero attached hydrogens (tertiary/aromatic N) is 2. The Kier molecular flexibility index (Phi) is 7.68. The van der Waals surface area contributed by atoms with Crippen molar-refractivity contribution in [1.29, 1.82) is 0 Å². The van der Waals surface area contributed by atoms with Crippen molar-refractivity contribution in [3.8, 4) is 11.4 Å². The highest BCUT2D eigenvalue weighted by Crippen LogP contribution is 2.24. The van der Waals surface area contributed by atoms with Gasteiger partial charge in [0.05, 0.1) is 6.04 Å². The Labute approximate surface area is 157 Å². The molecule has 0 spiro atoms. The molecule has 0 bridgehead atoms. The van der Waals surface area contributed by atoms with E-state index in [9.17, 15) is 0 Å². The summed E-state index contributed by atoms with van der Waals surface area (Å²) in [4.78, 5) is 4.57. The molecule has 1 aliphatic heterocycles. The molecule has 2 aromatic rings. The van der Waals surface area contributed by atoms with Gasteiger partial charge in [0, 0.05) is 5.56 Å². The molecule has 2 heterocycles. The molecular weight excluding hydrogens is 322 g/mol. The van der Waals surface area contributed by atoms with E-state index in [1.54, 1.807) is 0 Å². The first-order chi connectivity index (χ1) is 12.9. The van der Waals surface area contributed by atoms with E-state index < -0.39 is 0 Å². The maximum Gasteiger partial charge on any atom is 0.244 e. The third-order valence-electron chi connectivity index (χ3n) is 5.33. The van der Waals surface area contributed by atoms with Crippen molar-refractivity contribution in [1.82, 2.24) is 15.5 Å². The number of aromatic nitrogens is 2. The highest BCUT2D eigenvalue weighted by atomic mass is 16.5. The minimum atomic E-state index is 0.234. The van der Waals surface area contributed by atoms with Crippen LogP contribution in [0.2, 0.25) is 0 Å². The SMILES string of the molecule is CCCCCCCCCCc1ccc(-c2noc(C3CCCN3)n2)cc1. The molecule has 1 saturated heterocycles. The second kappa shape index (κ2) is 10.5. The zero-order valence-electron chi connectivity index (χ0n) is 16.2. The number of benzene rings is 1. The number of hydrogen-bond acceptors (Lipinski definition) is 4. The minimum Gasteiger partial charge on any atom is -0.337 e. The van der Waals surface area contributed by atoms with Gasteiger partial charge in [0.25, 0.3) is 0 Å². The van der Waals surface area contributed by atoms with Crippen molar-refractivity contribution in [3.05, 3.63) is 35.7 Å². The van der Waals surface area contributed by atoms with Crippen LogP contribution in [0.3, 0.4) is 0 Å². The standard InChI is InChI=1S/C22H33N3O/c1-2-3-4-5-6-7-8-9-11-18-13-15-19(16-14-18)21-24-22(26-25-21)20-12-10-17-23-20/h13-16,20,23H,2-12,17H2,1H3. The van der Waals surface area contributed by atoms with E-state index in [0.717, 1.165) is 24.4 Å². The maximum absolute atomic E-state index is 5.44. The van der Waals surface area contributed by atoms with Crippen LogP contribution in [0.1, 0.15) is 88.6 Å².